The Morgan fingerprint density at radius 3 is 2.42 bits per heavy atom. The molecule has 2 heterocycles. The van der Waals surface area contributed by atoms with Gasteiger partial charge in [0.15, 0.2) is 0 Å². The van der Waals surface area contributed by atoms with Gasteiger partial charge < -0.3 is 19.8 Å². The normalized spacial score (nSPS) is 11.5. The van der Waals surface area contributed by atoms with Crippen molar-refractivity contribution in [2.75, 3.05) is 12.4 Å². The quantitative estimate of drug-likeness (QED) is 0.393. The first-order valence-corrected chi connectivity index (χ1v) is 10.3. The number of aryl methyl sites for hydroxylation is 2. The van der Waals surface area contributed by atoms with Crippen molar-refractivity contribution in [3.8, 4) is 17.5 Å². The van der Waals surface area contributed by atoms with E-state index < -0.39 is 0 Å². The summed E-state index contributed by atoms with van der Waals surface area (Å²) in [5.74, 6) is 2.28. The molecule has 0 bridgehead atoms. The first-order valence-electron chi connectivity index (χ1n) is 10.3. The predicted octanol–water partition coefficient (Wildman–Crippen LogP) is 6.42. The number of pyridine rings is 1. The molecule has 0 amide bonds. The van der Waals surface area contributed by atoms with Gasteiger partial charge in [-0.2, -0.15) is 4.98 Å². The Labute approximate surface area is 182 Å². The Balaban J connectivity index is 1.72. The van der Waals surface area contributed by atoms with Gasteiger partial charge in [0, 0.05) is 11.6 Å². The highest BCUT2D eigenvalue weighted by Gasteiger charge is 2.20. The molecule has 160 valence electrons. The first kappa shape index (κ1) is 20.7. The molecule has 4 aromatic rings. The topological polar surface area (TPSA) is 72.1 Å². The second kappa shape index (κ2) is 7.95. The van der Waals surface area contributed by atoms with Crippen LogP contribution in [0.1, 0.15) is 37.5 Å². The second-order valence-corrected chi connectivity index (χ2v) is 8.72. The molecule has 0 saturated heterocycles. The minimum atomic E-state index is -0.0719. The Morgan fingerprint density at radius 2 is 1.68 bits per heavy atom. The summed E-state index contributed by atoms with van der Waals surface area (Å²) in [7, 11) is 1.59. The van der Waals surface area contributed by atoms with Gasteiger partial charge in [-0.1, -0.05) is 39.0 Å². The molecule has 2 aromatic heterocycles. The second-order valence-electron chi connectivity index (χ2n) is 8.72. The maximum atomic E-state index is 6.30. The Kier molecular flexibility index (Phi) is 5.31. The third kappa shape index (κ3) is 4.33. The van der Waals surface area contributed by atoms with Gasteiger partial charge in [0.05, 0.1) is 18.1 Å². The molecule has 6 nitrogen and oxygen atoms in total. The maximum absolute atomic E-state index is 6.30. The van der Waals surface area contributed by atoms with Gasteiger partial charge in [-0.15, -0.1) is 0 Å². The number of fused-ring (bicyclic) bond motifs is 1. The highest BCUT2D eigenvalue weighted by Crippen LogP contribution is 2.37. The van der Waals surface area contributed by atoms with Crippen LogP contribution in [0.3, 0.4) is 0 Å². The van der Waals surface area contributed by atoms with Gasteiger partial charge in [0.2, 0.25) is 17.7 Å². The third-order valence-electron chi connectivity index (χ3n) is 5.30. The number of aromatic nitrogens is 3. The zero-order valence-electron chi connectivity index (χ0n) is 18.8. The average molecular weight is 417 g/mol. The molecular weight excluding hydrogens is 388 g/mol. The number of hydrogen-bond acceptors (Lipinski definition) is 5. The van der Waals surface area contributed by atoms with Gasteiger partial charge in [-0.25, -0.2) is 4.98 Å². The standard InChI is InChI=1S/C25H28N4O2/c1-15-13-19-20(14-16(15)2)28-24(27-19)26-18-11-12-22(30-6)29-23(18)31-21-10-8-7-9-17(21)25(3,4)5/h7-14H,1-6H3,(H2,26,27,28). The lowest BCUT2D eigenvalue weighted by Crippen LogP contribution is -2.12. The van der Waals surface area contributed by atoms with Crippen molar-refractivity contribution in [1.29, 1.82) is 0 Å². The van der Waals surface area contributed by atoms with Crippen molar-refractivity contribution in [2.24, 2.45) is 0 Å². The summed E-state index contributed by atoms with van der Waals surface area (Å²) in [5, 5.41) is 3.32. The number of nitrogens with one attached hydrogen (secondary N) is 2. The fourth-order valence-corrected chi connectivity index (χ4v) is 3.45. The lowest BCUT2D eigenvalue weighted by molar-refractivity contribution is 0.381. The monoisotopic (exact) mass is 416 g/mol. The molecule has 0 spiro atoms. The highest BCUT2D eigenvalue weighted by molar-refractivity contribution is 5.80. The van der Waals surface area contributed by atoms with E-state index in [1.54, 1.807) is 13.2 Å². The molecule has 0 aliphatic carbocycles. The summed E-state index contributed by atoms with van der Waals surface area (Å²) in [6, 6.07) is 15.9. The molecule has 2 N–H and O–H groups in total. The zero-order valence-corrected chi connectivity index (χ0v) is 18.8. The zero-order chi connectivity index (χ0) is 22.2. The number of nitrogens with zero attached hydrogens (tertiary/aromatic N) is 2. The molecule has 2 aromatic carbocycles. The van der Waals surface area contributed by atoms with Crippen LogP contribution in [0, 0.1) is 13.8 Å². The van der Waals surface area contributed by atoms with Gasteiger partial charge >= 0.3 is 0 Å². The molecule has 6 heteroatoms. The number of benzene rings is 2. The molecular formula is C25H28N4O2. The van der Waals surface area contributed by atoms with Gasteiger partial charge in [-0.05, 0) is 54.7 Å². The van der Waals surface area contributed by atoms with Gasteiger partial charge in [-0.3, -0.25) is 0 Å². The number of ether oxygens (including phenoxy) is 2. The Morgan fingerprint density at radius 1 is 0.935 bits per heavy atom. The number of aromatic amines is 1. The van der Waals surface area contributed by atoms with E-state index in [0.717, 1.165) is 22.3 Å². The predicted molar refractivity (Wildman–Crippen MR) is 125 cm³/mol. The van der Waals surface area contributed by atoms with Crippen LogP contribution in [0.25, 0.3) is 11.0 Å². The van der Waals surface area contributed by atoms with E-state index in [0.29, 0.717) is 23.4 Å². The number of methoxy groups -OCH3 is 1. The van der Waals surface area contributed by atoms with E-state index in [1.165, 1.54) is 11.1 Å². The minimum absolute atomic E-state index is 0.0719. The van der Waals surface area contributed by atoms with Crippen LogP contribution in [-0.4, -0.2) is 22.1 Å². The SMILES string of the molecule is COc1ccc(Nc2nc3cc(C)c(C)cc3[nH]2)c(Oc2ccccc2C(C)(C)C)n1. The summed E-state index contributed by atoms with van der Waals surface area (Å²) in [5.41, 5.74) is 6.03. The summed E-state index contributed by atoms with van der Waals surface area (Å²) in [6.07, 6.45) is 0. The number of para-hydroxylation sites is 1. The number of rotatable bonds is 5. The molecule has 0 unspecified atom stereocenters. The Hall–Kier alpha value is -3.54. The summed E-state index contributed by atoms with van der Waals surface area (Å²) >= 11 is 0. The lowest BCUT2D eigenvalue weighted by Gasteiger charge is -2.23. The van der Waals surface area contributed by atoms with Crippen molar-refractivity contribution in [3.63, 3.8) is 0 Å². The van der Waals surface area contributed by atoms with Crippen molar-refractivity contribution in [2.45, 2.75) is 40.0 Å². The summed E-state index contributed by atoms with van der Waals surface area (Å²) in [6.45, 7) is 10.7. The van der Waals surface area contributed by atoms with Crippen LogP contribution >= 0.6 is 0 Å². The van der Waals surface area contributed by atoms with Crippen LogP contribution in [0.15, 0.2) is 48.5 Å². The van der Waals surface area contributed by atoms with E-state index in [4.69, 9.17) is 9.47 Å². The van der Waals surface area contributed by atoms with Crippen molar-refractivity contribution in [1.82, 2.24) is 15.0 Å². The van der Waals surface area contributed by atoms with Crippen molar-refractivity contribution >= 4 is 22.7 Å². The smallest absolute Gasteiger partial charge is 0.246 e. The van der Waals surface area contributed by atoms with E-state index in [1.807, 2.05) is 24.3 Å². The molecule has 0 radical (unpaired) electrons. The molecule has 0 saturated carbocycles. The number of imidazole rings is 1. The average Bonchev–Trinajstić information content (AvgIpc) is 3.10. The van der Waals surface area contributed by atoms with E-state index in [-0.39, 0.29) is 5.41 Å². The van der Waals surface area contributed by atoms with Crippen LogP contribution in [0.4, 0.5) is 11.6 Å². The highest BCUT2D eigenvalue weighted by atomic mass is 16.5. The molecule has 0 fully saturated rings. The van der Waals surface area contributed by atoms with E-state index in [9.17, 15) is 0 Å². The maximum Gasteiger partial charge on any atom is 0.246 e. The molecule has 0 aliphatic rings. The number of hydrogen-bond donors (Lipinski definition) is 2. The van der Waals surface area contributed by atoms with Crippen LogP contribution in [0.2, 0.25) is 0 Å². The van der Waals surface area contributed by atoms with Crippen LogP contribution in [0.5, 0.6) is 17.5 Å². The first-order chi connectivity index (χ1) is 14.7. The molecule has 0 aliphatic heterocycles. The van der Waals surface area contributed by atoms with E-state index >= 15 is 0 Å². The summed E-state index contributed by atoms with van der Waals surface area (Å²) in [4.78, 5) is 12.5. The Bertz CT molecular complexity index is 1200. The molecule has 4 rings (SSSR count). The van der Waals surface area contributed by atoms with Crippen LogP contribution in [-0.2, 0) is 5.41 Å². The third-order valence-corrected chi connectivity index (χ3v) is 5.30. The molecule has 31 heavy (non-hydrogen) atoms. The number of anilines is 2. The fraction of sp³-hybridized carbons (Fsp3) is 0.280. The largest absolute Gasteiger partial charge is 0.481 e. The minimum Gasteiger partial charge on any atom is -0.481 e. The fourth-order valence-electron chi connectivity index (χ4n) is 3.45. The van der Waals surface area contributed by atoms with Crippen molar-refractivity contribution in [3.05, 3.63) is 65.2 Å². The van der Waals surface area contributed by atoms with Gasteiger partial charge in [0.25, 0.3) is 0 Å². The molecule has 0 atom stereocenters. The van der Waals surface area contributed by atoms with Crippen molar-refractivity contribution < 1.29 is 9.47 Å². The van der Waals surface area contributed by atoms with Gasteiger partial charge in [0.1, 0.15) is 11.4 Å². The van der Waals surface area contributed by atoms with Crippen LogP contribution < -0.4 is 14.8 Å². The lowest BCUT2D eigenvalue weighted by atomic mass is 9.86. The number of H-pyrrole nitrogens is 1. The summed E-state index contributed by atoms with van der Waals surface area (Å²) < 4.78 is 11.6. The van der Waals surface area contributed by atoms with E-state index in [2.05, 4.69) is 73.1 Å².